The van der Waals surface area contributed by atoms with Crippen molar-refractivity contribution >= 4 is 12.0 Å². The van der Waals surface area contributed by atoms with Gasteiger partial charge in [0.05, 0.1) is 0 Å². The summed E-state index contributed by atoms with van der Waals surface area (Å²) in [6, 6.07) is 15.1. The molecule has 3 rings (SSSR count). The zero-order chi connectivity index (χ0) is 16.4. The highest BCUT2D eigenvalue weighted by molar-refractivity contribution is 5.91. The number of rotatable bonds is 3. The van der Waals surface area contributed by atoms with Crippen molar-refractivity contribution in [2.75, 3.05) is 13.6 Å². The molecule has 1 aliphatic heterocycles. The van der Waals surface area contributed by atoms with Crippen LogP contribution in [0, 0.1) is 6.92 Å². The number of likely N-dealkylation sites (N-methyl/N-ethyl adjacent to an activating group) is 1. The molecule has 0 radical (unpaired) electrons. The van der Waals surface area contributed by atoms with Gasteiger partial charge in [-0.15, -0.1) is 0 Å². The Kier molecular flexibility index (Phi) is 4.02. The smallest absolute Gasteiger partial charge is 0.410 e. The normalized spacial score (nSPS) is 16.3. The number of nitrogens with one attached hydrogen (secondary N) is 1. The van der Waals surface area contributed by atoms with Crippen LogP contribution in [-0.4, -0.2) is 36.5 Å². The lowest BCUT2D eigenvalue weighted by Gasteiger charge is -2.33. The van der Waals surface area contributed by atoms with Gasteiger partial charge in [-0.2, -0.15) is 0 Å². The van der Waals surface area contributed by atoms with Crippen molar-refractivity contribution < 1.29 is 14.3 Å². The Morgan fingerprint density at radius 3 is 2.52 bits per heavy atom. The third kappa shape index (κ3) is 3.04. The Hall–Kier alpha value is -2.82. The van der Waals surface area contributed by atoms with E-state index >= 15 is 0 Å². The average Bonchev–Trinajstić information content (AvgIpc) is 2.54. The molecule has 1 N–H and O–H groups in total. The molecule has 118 valence electrons. The van der Waals surface area contributed by atoms with Crippen LogP contribution in [0.15, 0.2) is 48.5 Å². The van der Waals surface area contributed by atoms with Crippen molar-refractivity contribution in [3.63, 3.8) is 0 Å². The first-order chi connectivity index (χ1) is 11.1. The van der Waals surface area contributed by atoms with Crippen LogP contribution in [0.4, 0.5) is 4.79 Å². The monoisotopic (exact) mass is 310 g/mol. The molecule has 1 aliphatic rings. The van der Waals surface area contributed by atoms with E-state index in [9.17, 15) is 9.59 Å². The highest BCUT2D eigenvalue weighted by Crippen LogP contribution is 2.27. The van der Waals surface area contributed by atoms with E-state index in [1.54, 1.807) is 13.1 Å². The second-order valence-electron chi connectivity index (χ2n) is 5.58. The highest BCUT2D eigenvalue weighted by atomic mass is 16.6. The first kappa shape index (κ1) is 15.1. The molecule has 1 fully saturated rings. The van der Waals surface area contributed by atoms with Crippen LogP contribution in [0.3, 0.4) is 0 Å². The summed E-state index contributed by atoms with van der Waals surface area (Å²) < 4.78 is 5.36. The zero-order valence-corrected chi connectivity index (χ0v) is 13.1. The maximum Gasteiger partial charge on any atom is 0.415 e. The second kappa shape index (κ2) is 6.12. The fraction of sp³-hybridized carbons (Fsp3) is 0.222. The second-order valence-corrected chi connectivity index (χ2v) is 5.58. The Morgan fingerprint density at radius 1 is 1.22 bits per heavy atom. The van der Waals surface area contributed by atoms with E-state index in [1.807, 2.05) is 49.4 Å². The van der Waals surface area contributed by atoms with Gasteiger partial charge in [-0.1, -0.05) is 36.4 Å². The SMILES string of the molecule is Cc1cc(OC(=O)N(C)[C@H]2CNC2=O)ccc1-c1ccccc1. The van der Waals surface area contributed by atoms with Crippen molar-refractivity contribution in [1.29, 1.82) is 0 Å². The van der Waals surface area contributed by atoms with E-state index in [-0.39, 0.29) is 5.91 Å². The lowest BCUT2D eigenvalue weighted by atomic mass is 10.0. The highest BCUT2D eigenvalue weighted by Gasteiger charge is 2.35. The number of β-lactam (4-membered cyclic amide) rings is 1. The summed E-state index contributed by atoms with van der Waals surface area (Å²) >= 11 is 0. The minimum atomic E-state index is -0.531. The van der Waals surface area contributed by atoms with E-state index in [1.165, 1.54) is 4.90 Å². The van der Waals surface area contributed by atoms with Crippen LogP contribution in [0.5, 0.6) is 5.75 Å². The predicted molar refractivity (Wildman–Crippen MR) is 87.2 cm³/mol. The van der Waals surface area contributed by atoms with Crippen LogP contribution in [0.2, 0.25) is 0 Å². The number of hydrogen-bond donors (Lipinski definition) is 1. The maximum absolute atomic E-state index is 12.1. The zero-order valence-electron chi connectivity index (χ0n) is 13.1. The Morgan fingerprint density at radius 2 is 1.96 bits per heavy atom. The quantitative estimate of drug-likeness (QED) is 0.887. The van der Waals surface area contributed by atoms with Crippen LogP contribution >= 0.6 is 0 Å². The molecule has 0 unspecified atom stereocenters. The summed E-state index contributed by atoms with van der Waals surface area (Å²) in [6.45, 7) is 2.44. The summed E-state index contributed by atoms with van der Waals surface area (Å²) in [6.07, 6.45) is -0.531. The summed E-state index contributed by atoms with van der Waals surface area (Å²) in [4.78, 5) is 24.7. The minimum absolute atomic E-state index is 0.153. The summed E-state index contributed by atoms with van der Waals surface area (Å²) in [5, 5.41) is 2.60. The lowest BCUT2D eigenvalue weighted by molar-refractivity contribution is -0.131. The van der Waals surface area contributed by atoms with Crippen molar-refractivity contribution in [3.05, 3.63) is 54.1 Å². The molecule has 1 atom stereocenters. The third-order valence-corrected chi connectivity index (χ3v) is 4.02. The van der Waals surface area contributed by atoms with E-state index in [2.05, 4.69) is 5.32 Å². The molecular formula is C18H18N2O3. The first-order valence-electron chi connectivity index (χ1n) is 7.44. The number of carbonyl (C=O) groups excluding carboxylic acids is 2. The molecule has 5 heteroatoms. The number of carbonyl (C=O) groups is 2. The topological polar surface area (TPSA) is 58.6 Å². The number of amides is 2. The number of nitrogens with zero attached hydrogens (tertiary/aromatic N) is 1. The molecule has 1 saturated heterocycles. The van der Waals surface area contributed by atoms with Gasteiger partial charge in [0, 0.05) is 13.6 Å². The molecule has 0 spiro atoms. The standard InChI is InChI=1S/C18H18N2O3/c1-12-10-14(8-9-15(12)13-6-4-3-5-7-13)23-18(22)20(2)16-11-19-17(16)21/h3-10,16H,11H2,1-2H3,(H,19,21)/t16-/m0/s1. The van der Waals surface area contributed by atoms with Crippen LogP contribution < -0.4 is 10.1 Å². The molecule has 0 bridgehead atoms. The van der Waals surface area contributed by atoms with Crippen molar-refractivity contribution in [2.45, 2.75) is 13.0 Å². The summed E-state index contributed by atoms with van der Waals surface area (Å²) in [5.74, 6) is 0.318. The fourth-order valence-electron chi connectivity index (χ4n) is 2.53. The van der Waals surface area contributed by atoms with Crippen LogP contribution in [0.1, 0.15) is 5.56 Å². The molecule has 0 saturated carbocycles. The van der Waals surface area contributed by atoms with Gasteiger partial charge in [0.25, 0.3) is 0 Å². The van der Waals surface area contributed by atoms with Gasteiger partial charge in [0.2, 0.25) is 5.91 Å². The van der Waals surface area contributed by atoms with Crippen molar-refractivity contribution in [1.82, 2.24) is 10.2 Å². The van der Waals surface area contributed by atoms with E-state index in [0.717, 1.165) is 16.7 Å². The minimum Gasteiger partial charge on any atom is -0.410 e. The van der Waals surface area contributed by atoms with Gasteiger partial charge < -0.3 is 10.1 Å². The van der Waals surface area contributed by atoms with Crippen molar-refractivity contribution in [2.24, 2.45) is 0 Å². The molecule has 0 aliphatic carbocycles. The van der Waals surface area contributed by atoms with Gasteiger partial charge in [0.15, 0.2) is 0 Å². The number of ether oxygens (including phenoxy) is 1. The predicted octanol–water partition coefficient (Wildman–Crippen LogP) is 2.59. The molecule has 2 amide bonds. The number of benzene rings is 2. The van der Waals surface area contributed by atoms with Gasteiger partial charge in [-0.25, -0.2) is 4.79 Å². The Balaban J connectivity index is 1.73. The van der Waals surface area contributed by atoms with Gasteiger partial charge in [-0.3, -0.25) is 9.69 Å². The number of aryl methyl sites for hydroxylation is 1. The van der Waals surface area contributed by atoms with Crippen LogP contribution in [0.25, 0.3) is 11.1 Å². The van der Waals surface area contributed by atoms with Crippen molar-refractivity contribution in [3.8, 4) is 16.9 Å². The van der Waals surface area contributed by atoms with Gasteiger partial charge in [-0.05, 0) is 35.7 Å². The summed E-state index contributed by atoms with van der Waals surface area (Å²) in [5.41, 5.74) is 3.23. The van der Waals surface area contributed by atoms with Gasteiger partial charge in [0.1, 0.15) is 11.8 Å². The Labute approximate surface area is 134 Å². The maximum atomic E-state index is 12.1. The molecule has 5 nitrogen and oxygen atoms in total. The fourth-order valence-corrected chi connectivity index (χ4v) is 2.53. The van der Waals surface area contributed by atoms with E-state index < -0.39 is 12.1 Å². The lowest BCUT2D eigenvalue weighted by Crippen LogP contribution is -2.62. The molecular weight excluding hydrogens is 292 g/mol. The molecule has 0 aromatic heterocycles. The molecule has 1 heterocycles. The largest absolute Gasteiger partial charge is 0.415 e. The third-order valence-electron chi connectivity index (χ3n) is 4.02. The van der Waals surface area contributed by atoms with Crippen LogP contribution in [-0.2, 0) is 4.79 Å². The molecule has 2 aromatic carbocycles. The Bertz CT molecular complexity index is 743. The van der Waals surface area contributed by atoms with Gasteiger partial charge >= 0.3 is 6.09 Å². The first-order valence-corrected chi connectivity index (χ1v) is 7.44. The molecule has 2 aromatic rings. The average molecular weight is 310 g/mol. The number of hydrogen-bond acceptors (Lipinski definition) is 3. The van der Waals surface area contributed by atoms with E-state index in [4.69, 9.17) is 4.74 Å². The van der Waals surface area contributed by atoms with E-state index in [0.29, 0.717) is 12.3 Å². The molecule has 23 heavy (non-hydrogen) atoms. The summed E-state index contributed by atoms with van der Waals surface area (Å²) in [7, 11) is 1.57.